The molecule has 0 spiro atoms. The van der Waals surface area contributed by atoms with Crippen molar-refractivity contribution in [3.05, 3.63) is 46.3 Å². The van der Waals surface area contributed by atoms with Gasteiger partial charge in [0.1, 0.15) is 5.76 Å². The van der Waals surface area contributed by atoms with Crippen LogP contribution in [0.3, 0.4) is 0 Å². The van der Waals surface area contributed by atoms with Gasteiger partial charge in [0.15, 0.2) is 0 Å². The van der Waals surface area contributed by atoms with Gasteiger partial charge in [0, 0.05) is 29.1 Å². The number of aryl methyl sites for hydroxylation is 2. The largest absolute Gasteiger partial charge is 0.361 e. The maximum absolute atomic E-state index is 12.0. The molecule has 1 aromatic carbocycles. The number of nitrogens with one attached hydrogen (secondary N) is 2. The summed E-state index contributed by atoms with van der Waals surface area (Å²) < 4.78 is 5.10. The standard InChI is InChI=1S/C16H17N3O3S/c1-9-14(10(2)22-19-9)7-23-8-15(20)18-12-4-3-11-6-17-16(21)13(11)5-12/h3-5H,6-8H2,1-2H3,(H,17,21)(H,18,20). The monoisotopic (exact) mass is 331 g/mol. The molecule has 0 unspecified atom stereocenters. The van der Waals surface area contributed by atoms with Gasteiger partial charge in [-0.25, -0.2) is 0 Å². The van der Waals surface area contributed by atoms with Crippen molar-refractivity contribution < 1.29 is 14.1 Å². The molecule has 1 aliphatic rings. The first-order valence-corrected chi connectivity index (χ1v) is 8.40. The molecule has 2 aromatic rings. The molecular formula is C16H17N3O3S. The Kier molecular flexibility index (Phi) is 4.38. The molecule has 1 aliphatic heterocycles. The lowest BCUT2D eigenvalue weighted by atomic mass is 10.1. The van der Waals surface area contributed by atoms with E-state index >= 15 is 0 Å². The summed E-state index contributed by atoms with van der Waals surface area (Å²) in [7, 11) is 0. The zero-order valence-electron chi connectivity index (χ0n) is 12.9. The Morgan fingerprint density at radius 3 is 3.00 bits per heavy atom. The Balaban J connectivity index is 1.54. The lowest BCUT2D eigenvalue weighted by molar-refractivity contribution is -0.113. The van der Waals surface area contributed by atoms with Gasteiger partial charge in [-0.2, -0.15) is 0 Å². The molecule has 2 heterocycles. The summed E-state index contributed by atoms with van der Waals surface area (Å²) in [5, 5.41) is 9.47. The fourth-order valence-electron chi connectivity index (χ4n) is 2.44. The highest BCUT2D eigenvalue weighted by Crippen LogP contribution is 2.22. The number of carbonyl (C=O) groups is 2. The molecule has 0 fully saturated rings. The Morgan fingerprint density at radius 1 is 1.43 bits per heavy atom. The van der Waals surface area contributed by atoms with Gasteiger partial charge in [0.25, 0.3) is 5.91 Å². The summed E-state index contributed by atoms with van der Waals surface area (Å²) in [5.41, 5.74) is 4.13. The van der Waals surface area contributed by atoms with Gasteiger partial charge in [0.05, 0.1) is 11.4 Å². The molecule has 7 heteroatoms. The van der Waals surface area contributed by atoms with Crippen LogP contribution in [0.1, 0.15) is 32.9 Å². The van der Waals surface area contributed by atoms with E-state index in [0.29, 0.717) is 29.3 Å². The first-order chi connectivity index (χ1) is 11.0. The number of anilines is 1. The minimum atomic E-state index is -0.0971. The highest BCUT2D eigenvalue weighted by Gasteiger charge is 2.19. The normalized spacial score (nSPS) is 12.9. The summed E-state index contributed by atoms with van der Waals surface area (Å²) in [6, 6.07) is 5.39. The number of aromatic nitrogens is 1. The van der Waals surface area contributed by atoms with Crippen molar-refractivity contribution in [2.45, 2.75) is 26.1 Å². The van der Waals surface area contributed by atoms with Crippen LogP contribution in [0.5, 0.6) is 0 Å². The van der Waals surface area contributed by atoms with Crippen LogP contribution in [0.4, 0.5) is 5.69 Å². The topological polar surface area (TPSA) is 84.2 Å². The molecule has 0 atom stereocenters. The van der Waals surface area contributed by atoms with Gasteiger partial charge in [-0.05, 0) is 31.5 Å². The summed E-state index contributed by atoms with van der Waals surface area (Å²) in [5.74, 6) is 1.61. The summed E-state index contributed by atoms with van der Waals surface area (Å²) in [4.78, 5) is 23.6. The van der Waals surface area contributed by atoms with Gasteiger partial charge in [-0.15, -0.1) is 11.8 Å². The minimum Gasteiger partial charge on any atom is -0.361 e. The number of hydrogen-bond donors (Lipinski definition) is 2. The molecule has 0 saturated heterocycles. The molecule has 0 aliphatic carbocycles. The van der Waals surface area contributed by atoms with Crippen molar-refractivity contribution in [2.75, 3.05) is 11.1 Å². The fourth-order valence-corrected chi connectivity index (χ4v) is 3.42. The molecule has 2 N–H and O–H groups in total. The number of rotatable bonds is 5. The SMILES string of the molecule is Cc1noc(C)c1CSCC(=O)Nc1ccc2c(c1)C(=O)NC2. The number of hydrogen-bond acceptors (Lipinski definition) is 5. The summed E-state index contributed by atoms with van der Waals surface area (Å²) in [6.07, 6.45) is 0. The fraction of sp³-hybridized carbons (Fsp3) is 0.312. The Hall–Kier alpha value is -2.28. The Labute approximate surface area is 138 Å². The third kappa shape index (κ3) is 3.39. The molecule has 2 amide bonds. The van der Waals surface area contributed by atoms with Crippen molar-refractivity contribution in [2.24, 2.45) is 0 Å². The maximum Gasteiger partial charge on any atom is 0.251 e. The predicted octanol–water partition coefficient (Wildman–Crippen LogP) is 2.41. The highest BCUT2D eigenvalue weighted by atomic mass is 32.2. The van der Waals surface area contributed by atoms with E-state index < -0.39 is 0 Å². The van der Waals surface area contributed by atoms with Gasteiger partial charge in [-0.3, -0.25) is 9.59 Å². The maximum atomic E-state index is 12.0. The lowest BCUT2D eigenvalue weighted by Gasteiger charge is -2.06. The van der Waals surface area contributed by atoms with Crippen LogP contribution in [0.2, 0.25) is 0 Å². The van der Waals surface area contributed by atoms with E-state index in [1.807, 2.05) is 26.0 Å². The van der Waals surface area contributed by atoms with E-state index in [4.69, 9.17) is 4.52 Å². The minimum absolute atomic E-state index is 0.0936. The quantitative estimate of drug-likeness (QED) is 0.879. The van der Waals surface area contributed by atoms with Gasteiger partial charge in [0.2, 0.25) is 5.91 Å². The predicted molar refractivity (Wildman–Crippen MR) is 88.4 cm³/mol. The van der Waals surface area contributed by atoms with Crippen LogP contribution < -0.4 is 10.6 Å². The van der Waals surface area contributed by atoms with E-state index in [1.54, 1.807) is 6.07 Å². The summed E-state index contributed by atoms with van der Waals surface area (Å²) >= 11 is 1.50. The van der Waals surface area contributed by atoms with Crippen LogP contribution >= 0.6 is 11.8 Å². The number of amides is 2. The zero-order chi connectivity index (χ0) is 16.4. The molecule has 23 heavy (non-hydrogen) atoms. The van der Waals surface area contributed by atoms with Gasteiger partial charge < -0.3 is 15.2 Å². The second-order valence-electron chi connectivity index (χ2n) is 5.40. The molecule has 0 bridgehead atoms. The van der Waals surface area contributed by atoms with E-state index in [9.17, 15) is 9.59 Å². The molecule has 6 nitrogen and oxygen atoms in total. The Bertz CT molecular complexity index is 750. The van der Waals surface area contributed by atoms with Crippen molar-refractivity contribution in [1.29, 1.82) is 0 Å². The first kappa shape index (κ1) is 15.6. The van der Waals surface area contributed by atoms with Gasteiger partial charge >= 0.3 is 0 Å². The zero-order valence-corrected chi connectivity index (χ0v) is 13.8. The smallest absolute Gasteiger partial charge is 0.251 e. The van der Waals surface area contributed by atoms with Crippen molar-refractivity contribution >= 4 is 29.3 Å². The molecule has 3 rings (SSSR count). The number of thioether (sulfide) groups is 1. The average molecular weight is 331 g/mol. The van der Waals surface area contributed by atoms with E-state index in [1.165, 1.54) is 11.8 Å². The molecule has 0 saturated carbocycles. The van der Waals surface area contributed by atoms with Crippen LogP contribution in [0.15, 0.2) is 22.7 Å². The molecule has 120 valence electrons. The van der Waals surface area contributed by atoms with Crippen molar-refractivity contribution in [3.8, 4) is 0 Å². The van der Waals surface area contributed by atoms with Crippen LogP contribution in [0, 0.1) is 13.8 Å². The first-order valence-electron chi connectivity index (χ1n) is 7.25. The third-order valence-corrected chi connectivity index (χ3v) is 4.70. The van der Waals surface area contributed by atoms with Crippen molar-refractivity contribution in [3.63, 3.8) is 0 Å². The van der Waals surface area contributed by atoms with Crippen molar-refractivity contribution in [1.82, 2.24) is 10.5 Å². The van der Waals surface area contributed by atoms with E-state index in [-0.39, 0.29) is 11.8 Å². The Morgan fingerprint density at radius 2 is 2.26 bits per heavy atom. The van der Waals surface area contributed by atoms with Crippen LogP contribution in [-0.2, 0) is 17.1 Å². The molecule has 0 radical (unpaired) electrons. The number of benzene rings is 1. The molecular weight excluding hydrogens is 314 g/mol. The van der Waals surface area contributed by atoms with Gasteiger partial charge in [-0.1, -0.05) is 11.2 Å². The second-order valence-corrected chi connectivity index (χ2v) is 6.38. The van der Waals surface area contributed by atoms with E-state index in [2.05, 4.69) is 15.8 Å². The third-order valence-electron chi connectivity index (χ3n) is 3.74. The molecule has 1 aromatic heterocycles. The van der Waals surface area contributed by atoms with E-state index in [0.717, 1.165) is 22.6 Å². The summed E-state index contributed by atoms with van der Waals surface area (Å²) in [6.45, 7) is 4.31. The number of fused-ring (bicyclic) bond motifs is 1. The average Bonchev–Trinajstić information content (AvgIpc) is 3.04. The van der Waals surface area contributed by atoms with Crippen LogP contribution in [0.25, 0.3) is 0 Å². The number of carbonyl (C=O) groups excluding carboxylic acids is 2. The number of nitrogens with zero attached hydrogens (tertiary/aromatic N) is 1. The lowest BCUT2D eigenvalue weighted by Crippen LogP contribution is -2.15. The second kappa shape index (κ2) is 6.45. The van der Waals surface area contributed by atoms with Crippen LogP contribution in [-0.4, -0.2) is 22.7 Å². The highest BCUT2D eigenvalue weighted by molar-refractivity contribution is 7.99.